The molecule has 139 valence electrons. The molecule has 3 rings (SSSR count). The molecular weight excluding hydrogens is 460 g/mol. The van der Waals surface area contributed by atoms with Gasteiger partial charge in [-0.3, -0.25) is 0 Å². The normalized spacial score (nSPS) is 12.5. The van der Waals surface area contributed by atoms with Gasteiger partial charge in [0.25, 0.3) is 0 Å². The second-order valence-corrected chi connectivity index (χ2v) is 26.7. The number of carbonyl (C=O) groups excluding carboxylic acids is 1. The van der Waals surface area contributed by atoms with E-state index in [-0.39, 0.29) is 36.1 Å². The van der Waals surface area contributed by atoms with E-state index in [4.69, 9.17) is 0 Å². The number of fused-ring (bicyclic) bond motifs is 3. The molecule has 2 nitrogen and oxygen atoms in total. The second kappa shape index (κ2) is 9.19. The first-order valence-corrected chi connectivity index (χ1v) is 18.5. The molecule has 0 saturated heterocycles. The van der Waals surface area contributed by atoms with Crippen molar-refractivity contribution in [3.05, 3.63) is 59.7 Å². The predicted octanol–water partition coefficient (Wildman–Crippen LogP) is -1.56. The van der Waals surface area contributed by atoms with Crippen LogP contribution in [0.3, 0.4) is 0 Å². The van der Waals surface area contributed by atoms with E-state index in [1.54, 1.807) is 0 Å². The summed E-state index contributed by atoms with van der Waals surface area (Å²) in [5.74, 6) is -0.683. The maximum absolute atomic E-state index is 12.7. The molecule has 6 heteroatoms. The third kappa shape index (κ3) is 4.52. The van der Waals surface area contributed by atoms with E-state index < -0.39 is 27.1 Å². The monoisotopic (exact) mass is 484 g/mol. The zero-order valence-corrected chi connectivity index (χ0v) is 21.1. The minimum Gasteiger partial charge on any atom is -1.00 e. The Hall–Kier alpha value is -0.410. The Morgan fingerprint density at radius 2 is 1.35 bits per heavy atom. The Morgan fingerprint density at radius 1 is 0.923 bits per heavy atom. The summed E-state index contributed by atoms with van der Waals surface area (Å²) >= 11 is -2.15. The molecule has 1 aliphatic carbocycles. The van der Waals surface area contributed by atoms with Crippen LogP contribution in [0.5, 0.6) is 0 Å². The zero-order chi connectivity index (χ0) is 17.5. The van der Waals surface area contributed by atoms with Crippen molar-refractivity contribution < 1.29 is 50.8 Å². The van der Waals surface area contributed by atoms with Gasteiger partial charge in [0.15, 0.2) is 0 Å². The number of halogens is 2. The summed E-state index contributed by atoms with van der Waals surface area (Å²) in [4.78, 5) is 12.7. The molecular formula is C20H26Cl2NOSiZr. The number of carbonyl (C=O) groups is 1. The summed E-state index contributed by atoms with van der Waals surface area (Å²) in [7, 11) is 0. The Balaban J connectivity index is 0.00000169. The molecule has 0 aliphatic heterocycles. The molecule has 0 fully saturated rings. The van der Waals surface area contributed by atoms with Gasteiger partial charge in [-0.2, -0.15) is 0 Å². The molecule has 0 heterocycles. The molecule has 26 heavy (non-hydrogen) atoms. The third-order valence-corrected chi connectivity index (χ3v) is 22.3. The first kappa shape index (κ1) is 23.6. The van der Waals surface area contributed by atoms with Crippen LogP contribution in [0.25, 0.3) is 11.1 Å². The number of amides is 1. The molecule has 0 atom stereocenters. The van der Waals surface area contributed by atoms with Crippen LogP contribution >= 0.6 is 0 Å². The largest absolute Gasteiger partial charge is 1.00 e. The van der Waals surface area contributed by atoms with Crippen molar-refractivity contribution in [2.75, 3.05) is 0 Å². The van der Waals surface area contributed by atoms with Crippen molar-refractivity contribution >= 4 is 11.8 Å². The standard InChI is InChI=1S/C13H9.C5H11NO.C2H7Si.2ClH.Zr/c1-3-7-12-10(5-1)9-11-6-2-4-8-13(11)12;1-5(2,3)4(6)7;1-3-2;;;/h1-9H;1-3H3,(H2,6,7);3H,1-2H3;2*1H;/q;;;;;+3/p-3. The Labute approximate surface area is 178 Å². The van der Waals surface area contributed by atoms with Crippen molar-refractivity contribution in [1.29, 1.82) is 0 Å². The fraction of sp³-hybridized carbons (Fsp3) is 0.350. The summed E-state index contributed by atoms with van der Waals surface area (Å²) in [5.41, 5.74) is 5.32. The average molecular weight is 487 g/mol. The van der Waals surface area contributed by atoms with E-state index in [1.165, 1.54) is 22.3 Å². The summed E-state index contributed by atoms with van der Waals surface area (Å²) in [5, 5.41) is 0. The first-order valence-electron chi connectivity index (χ1n) is 8.67. The molecule has 0 aromatic heterocycles. The van der Waals surface area contributed by atoms with Gasteiger partial charge in [0, 0.05) is 0 Å². The molecule has 1 amide bonds. The van der Waals surface area contributed by atoms with Crippen LogP contribution in [-0.2, 0) is 26.0 Å². The molecule has 1 N–H and O–H groups in total. The van der Waals surface area contributed by atoms with Crippen molar-refractivity contribution in [3.63, 3.8) is 0 Å². The first-order chi connectivity index (χ1) is 11.3. The number of hydrogen-bond acceptors (Lipinski definition) is 1. The van der Waals surface area contributed by atoms with Crippen LogP contribution in [0.15, 0.2) is 48.5 Å². The second-order valence-electron chi connectivity index (χ2n) is 7.92. The summed E-state index contributed by atoms with van der Waals surface area (Å²) in [6.45, 7) is 10.9. The van der Waals surface area contributed by atoms with Gasteiger partial charge >= 0.3 is 155 Å². The van der Waals surface area contributed by atoms with Crippen molar-refractivity contribution in [3.8, 4) is 11.1 Å². The van der Waals surface area contributed by atoms with Crippen LogP contribution in [0.4, 0.5) is 0 Å². The van der Waals surface area contributed by atoms with Gasteiger partial charge in [-0.05, 0) is 0 Å². The summed E-state index contributed by atoms with van der Waals surface area (Å²) < 4.78 is 4.07. The van der Waals surface area contributed by atoms with Crippen molar-refractivity contribution in [2.45, 2.75) is 37.5 Å². The van der Waals surface area contributed by atoms with E-state index in [2.05, 4.69) is 64.9 Å². The van der Waals surface area contributed by atoms with Gasteiger partial charge in [-0.15, -0.1) is 0 Å². The van der Waals surface area contributed by atoms with Crippen molar-refractivity contribution in [1.82, 2.24) is 3.26 Å². The van der Waals surface area contributed by atoms with E-state index in [1.807, 2.05) is 20.8 Å². The van der Waals surface area contributed by atoms with E-state index in [9.17, 15) is 4.79 Å². The SMILES string of the molecule is C[SiH](C)[Zr+2]([NH]C(=O)C(C)(C)C)[CH]1c2ccccc2-c2ccccc21.[Cl-].[Cl-]. The van der Waals surface area contributed by atoms with Crippen LogP contribution in [-0.4, -0.2) is 11.8 Å². The smallest absolute Gasteiger partial charge is 1.00 e. The molecule has 2 aromatic carbocycles. The Bertz CT molecular complexity index is 731. The number of hydrogen-bond donors (Lipinski definition) is 1. The maximum atomic E-state index is 12.7. The number of nitrogens with one attached hydrogen (secondary N) is 1. The van der Waals surface area contributed by atoms with Crippen LogP contribution < -0.4 is 28.1 Å². The fourth-order valence-corrected chi connectivity index (χ4v) is 19.1. The maximum Gasteiger partial charge on any atom is -1.00 e. The minimum atomic E-state index is -2.15. The third-order valence-electron chi connectivity index (χ3n) is 4.71. The topological polar surface area (TPSA) is 29.1 Å². The van der Waals surface area contributed by atoms with Gasteiger partial charge < -0.3 is 24.8 Å². The molecule has 0 spiro atoms. The molecule has 1 aliphatic rings. The molecule has 0 bridgehead atoms. The van der Waals surface area contributed by atoms with E-state index in [0.29, 0.717) is 3.63 Å². The van der Waals surface area contributed by atoms with Gasteiger partial charge in [0.05, 0.1) is 0 Å². The number of rotatable bonds is 3. The van der Waals surface area contributed by atoms with Gasteiger partial charge in [0.2, 0.25) is 0 Å². The molecule has 0 saturated carbocycles. The van der Waals surface area contributed by atoms with E-state index in [0.717, 1.165) is 0 Å². The van der Waals surface area contributed by atoms with Crippen LogP contribution in [0.1, 0.15) is 35.5 Å². The fourth-order valence-electron chi connectivity index (χ4n) is 3.36. The Kier molecular flexibility index (Phi) is 8.35. The van der Waals surface area contributed by atoms with E-state index >= 15 is 0 Å². The number of benzene rings is 2. The summed E-state index contributed by atoms with van der Waals surface area (Å²) in [6, 6.07) is 17.6. The predicted molar refractivity (Wildman–Crippen MR) is 100 cm³/mol. The van der Waals surface area contributed by atoms with Crippen LogP contribution in [0.2, 0.25) is 13.1 Å². The molecule has 0 unspecified atom stereocenters. The van der Waals surface area contributed by atoms with Gasteiger partial charge in [-0.1, -0.05) is 0 Å². The molecule has 2 aromatic rings. The Morgan fingerprint density at radius 3 is 1.73 bits per heavy atom. The van der Waals surface area contributed by atoms with Crippen LogP contribution in [0, 0.1) is 5.41 Å². The van der Waals surface area contributed by atoms with Gasteiger partial charge in [0.1, 0.15) is 0 Å². The minimum absolute atomic E-state index is 0. The quantitative estimate of drug-likeness (QED) is 0.523. The van der Waals surface area contributed by atoms with Crippen molar-refractivity contribution in [2.24, 2.45) is 5.41 Å². The zero-order valence-electron chi connectivity index (χ0n) is 15.9. The molecule has 0 radical (unpaired) electrons. The summed E-state index contributed by atoms with van der Waals surface area (Å²) in [6.07, 6.45) is 0. The van der Waals surface area contributed by atoms with Gasteiger partial charge in [-0.25, -0.2) is 0 Å². The average Bonchev–Trinajstić information content (AvgIpc) is 2.86.